The van der Waals surface area contributed by atoms with Gasteiger partial charge in [-0.3, -0.25) is 33.9 Å². The van der Waals surface area contributed by atoms with Crippen LogP contribution >= 0.6 is 7.82 Å². The third-order valence-electron chi connectivity index (χ3n) is 7.05. The molecule has 3 fully saturated rings. The van der Waals surface area contributed by atoms with E-state index >= 15 is 0 Å². The predicted molar refractivity (Wildman–Crippen MR) is 117 cm³/mol. The third-order valence-corrected chi connectivity index (χ3v) is 8.05. The number of aliphatic hydroxyl groups excluding tert-OH is 2. The molecule has 3 amide bonds. The number of rotatable bonds is 1. The van der Waals surface area contributed by atoms with Gasteiger partial charge in [-0.05, 0) is 13.3 Å². The number of aliphatic hydroxyl groups is 2. The number of aromatic amines is 1. The number of ether oxygens (including phenoxy) is 2. The largest absolute Gasteiger partial charge is 0.756 e. The minimum absolute atomic E-state index is 0.0412. The molecule has 3 saturated heterocycles. The van der Waals surface area contributed by atoms with Gasteiger partial charge in [0, 0.05) is 31.1 Å². The van der Waals surface area contributed by atoms with E-state index < -0.39 is 86.5 Å². The van der Waals surface area contributed by atoms with E-state index in [0.717, 1.165) is 9.47 Å². The summed E-state index contributed by atoms with van der Waals surface area (Å²) in [7, 11) is -5.01. The van der Waals surface area contributed by atoms with Gasteiger partial charge in [0.15, 0.2) is 0 Å². The van der Waals surface area contributed by atoms with Crippen LogP contribution in [0.25, 0.3) is 0 Å². The van der Waals surface area contributed by atoms with Crippen LogP contribution in [-0.2, 0) is 34.3 Å². The fourth-order valence-electron chi connectivity index (χ4n) is 5.06. The highest BCUT2D eigenvalue weighted by Crippen LogP contribution is 2.45. The number of fused-ring (bicyclic) bond motifs is 10. The number of hydrogen-bond acceptors (Lipinski definition) is 12. The van der Waals surface area contributed by atoms with Crippen molar-refractivity contribution in [3.8, 4) is 0 Å². The molecule has 4 aliphatic rings. The first-order valence-electron chi connectivity index (χ1n) is 11.6. The second-order valence-electron chi connectivity index (χ2n) is 9.81. The van der Waals surface area contributed by atoms with E-state index in [2.05, 4.69) is 10.3 Å². The Balaban J connectivity index is 1.56. The van der Waals surface area contributed by atoms with Gasteiger partial charge < -0.3 is 33.6 Å². The first-order chi connectivity index (χ1) is 17.4. The molecule has 1 aromatic rings. The van der Waals surface area contributed by atoms with E-state index in [9.17, 15) is 38.8 Å². The Hall–Kier alpha value is -2.43. The topological polar surface area (TPSA) is 222 Å². The maximum absolute atomic E-state index is 12.9. The number of carbonyl (C=O) groups excluding carboxylic acids is 2. The van der Waals surface area contributed by atoms with Crippen LogP contribution in [0.5, 0.6) is 0 Å². The highest BCUT2D eigenvalue weighted by molar-refractivity contribution is 7.45. The number of carbonyl (C=O) groups is 2. The zero-order chi connectivity index (χ0) is 26.7. The van der Waals surface area contributed by atoms with Gasteiger partial charge in [0.2, 0.25) is 5.91 Å². The van der Waals surface area contributed by atoms with E-state index in [4.69, 9.17) is 18.5 Å². The first-order valence-corrected chi connectivity index (χ1v) is 13.1. The lowest BCUT2D eigenvalue weighted by atomic mass is 9.81. The smallest absolute Gasteiger partial charge is 0.330 e. The normalized spacial score (nSPS) is 40.4. The molecular weight excluding hydrogens is 519 g/mol. The lowest BCUT2D eigenvalue weighted by molar-refractivity contribution is -0.234. The summed E-state index contributed by atoms with van der Waals surface area (Å²) in [6.07, 6.45) is -6.11. The van der Waals surface area contributed by atoms with Crippen molar-refractivity contribution in [3.63, 3.8) is 0 Å². The van der Waals surface area contributed by atoms with Gasteiger partial charge in [0.05, 0.1) is 30.8 Å². The third kappa shape index (κ3) is 4.91. The number of phosphoric ester groups is 1. The Morgan fingerprint density at radius 2 is 1.95 bits per heavy atom. The summed E-state index contributed by atoms with van der Waals surface area (Å²) in [5, 5.41) is 22.3. The number of urea groups is 1. The van der Waals surface area contributed by atoms with E-state index in [1.165, 1.54) is 13.1 Å². The molecule has 0 spiro atoms. The Morgan fingerprint density at radius 3 is 2.68 bits per heavy atom. The Kier molecular flexibility index (Phi) is 6.65. The van der Waals surface area contributed by atoms with Gasteiger partial charge in [-0.1, -0.05) is 0 Å². The van der Waals surface area contributed by atoms with Gasteiger partial charge in [-0.25, -0.2) is 9.59 Å². The van der Waals surface area contributed by atoms with Crippen molar-refractivity contribution in [2.45, 2.75) is 63.1 Å². The summed E-state index contributed by atoms with van der Waals surface area (Å²) in [6.45, 7) is 0.0298. The molecule has 17 heteroatoms. The maximum atomic E-state index is 12.9. The van der Waals surface area contributed by atoms with E-state index in [1.807, 2.05) is 0 Å². The Labute approximate surface area is 208 Å². The monoisotopic (exact) mass is 545 g/mol. The number of phosphoric acid groups is 1. The van der Waals surface area contributed by atoms with Crippen LogP contribution in [0.3, 0.4) is 0 Å². The van der Waals surface area contributed by atoms with Crippen molar-refractivity contribution in [1.82, 2.24) is 19.8 Å². The number of nitrogens with zero attached hydrogens (tertiary/aromatic N) is 2. The van der Waals surface area contributed by atoms with Crippen molar-refractivity contribution < 1.29 is 47.8 Å². The van der Waals surface area contributed by atoms with E-state index in [0.29, 0.717) is 0 Å². The minimum Gasteiger partial charge on any atom is -0.756 e. The van der Waals surface area contributed by atoms with Gasteiger partial charge in [0.1, 0.15) is 24.7 Å². The van der Waals surface area contributed by atoms with Crippen LogP contribution in [0.15, 0.2) is 15.8 Å². The number of imide groups is 1. The molecule has 5 heterocycles. The van der Waals surface area contributed by atoms with Crippen LogP contribution in [0.1, 0.15) is 31.6 Å². The summed E-state index contributed by atoms with van der Waals surface area (Å²) >= 11 is 0. The number of H-pyrrole nitrogens is 1. The van der Waals surface area contributed by atoms with E-state index in [1.54, 1.807) is 0 Å². The van der Waals surface area contributed by atoms with Crippen molar-refractivity contribution in [1.29, 1.82) is 0 Å². The van der Waals surface area contributed by atoms with Crippen molar-refractivity contribution in [2.24, 2.45) is 5.41 Å². The molecule has 37 heavy (non-hydrogen) atoms. The molecule has 5 rings (SSSR count). The molecule has 16 nitrogen and oxygen atoms in total. The molecule has 8 atom stereocenters. The number of hydrogen-bond donors (Lipinski definition) is 4. The van der Waals surface area contributed by atoms with Crippen molar-refractivity contribution in [2.75, 3.05) is 19.8 Å². The number of aromatic nitrogens is 2. The molecule has 8 bridgehead atoms. The molecular formula is C20H26N4O12P-. The summed E-state index contributed by atoms with van der Waals surface area (Å²) in [5.74, 6) is -0.668. The Morgan fingerprint density at radius 1 is 1.19 bits per heavy atom. The quantitative estimate of drug-likeness (QED) is 0.264. The summed E-state index contributed by atoms with van der Waals surface area (Å²) in [6, 6.07) is -0.803. The standard InChI is InChI=1S/C20H27N4O12P/c1-20-4-9-5-23(18(29)21-16(9)27)14-2-10(26)13(35-14)7-33-37(31,32)36-11-3-15(34-12(11)6-25)24(8-20)19(30)22-17(20)28/h5,10-15,25-26H,2-4,6-8H2,1H3,(H,31,32)(H,21,27,29)(H,22,28,30)/p-1/t10-,11-,12-,13-,14-,15-,20-/m1/s1. The van der Waals surface area contributed by atoms with Gasteiger partial charge in [-0.15, -0.1) is 0 Å². The predicted octanol–water partition coefficient (Wildman–Crippen LogP) is -2.72. The SMILES string of the molecule is C[C@@]12Cc3cn(c(=O)[nH]c3=O)[C@H]3C[C@@H](O)[C@@H](COP(=O)([O-])O[C@@H]4C[C@@H](O[C@@H]4CO)N(C1)C(=O)NC2=O)O3. The molecule has 0 saturated carbocycles. The highest BCUT2D eigenvalue weighted by Gasteiger charge is 2.49. The maximum Gasteiger partial charge on any atom is 0.330 e. The summed E-state index contributed by atoms with van der Waals surface area (Å²) in [5.41, 5.74) is -2.89. The van der Waals surface area contributed by atoms with Crippen LogP contribution in [0, 0.1) is 5.41 Å². The average Bonchev–Trinajstić information content (AvgIpc) is 3.39. The average molecular weight is 545 g/mol. The van der Waals surface area contributed by atoms with Gasteiger partial charge in [-0.2, -0.15) is 0 Å². The number of nitrogens with one attached hydrogen (secondary N) is 2. The zero-order valence-electron chi connectivity index (χ0n) is 19.6. The molecule has 0 aromatic carbocycles. The van der Waals surface area contributed by atoms with Crippen molar-refractivity contribution in [3.05, 3.63) is 32.6 Å². The van der Waals surface area contributed by atoms with Crippen LogP contribution in [-0.4, -0.2) is 87.0 Å². The fourth-order valence-corrected chi connectivity index (χ4v) is 6.00. The van der Waals surface area contributed by atoms with Crippen LogP contribution in [0.2, 0.25) is 0 Å². The molecule has 204 valence electrons. The fraction of sp³-hybridized carbons (Fsp3) is 0.700. The highest BCUT2D eigenvalue weighted by atomic mass is 31.2. The number of amides is 3. The summed E-state index contributed by atoms with van der Waals surface area (Å²) in [4.78, 5) is 66.6. The second-order valence-corrected chi connectivity index (χ2v) is 11.2. The van der Waals surface area contributed by atoms with Crippen molar-refractivity contribution >= 4 is 19.8 Å². The molecule has 1 aromatic heterocycles. The van der Waals surface area contributed by atoms with Crippen LogP contribution < -0.4 is 21.5 Å². The Bertz CT molecular complexity index is 1270. The van der Waals surface area contributed by atoms with E-state index in [-0.39, 0.29) is 31.4 Å². The molecule has 4 N–H and O–H groups in total. The lowest BCUT2D eigenvalue weighted by Crippen LogP contribution is -2.62. The molecule has 0 aliphatic carbocycles. The molecule has 1 unspecified atom stereocenters. The molecule has 4 aliphatic heterocycles. The zero-order valence-corrected chi connectivity index (χ0v) is 20.5. The lowest BCUT2D eigenvalue weighted by Gasteiger charge is -2.41. The minimum atomic E-state index is -5.01. The first kappa shape index (κ1) is 26.2. The van der Waals surface area contributed by atoms with Gasteiger partial charge >= 0.3 is 11.7 Å². The van der Waals surface area contributed by atoms with Crippen LogP contribution in [0.4, 0.5) is 4.79 Å². The summed E-state index contributed by atoms with van der Waals surface area (Å²) < 4.78 is 34.9. The second kappa shape index (κ2) is 9.39. The van der Waals surface area contributed by atoms with Gasteiger partial charge in [0.25, 0.3) is 13.4 Å². The molecule has 0 radical (unpaired) electrons.